The van der Waals surface area contributed by atoms with Gasteiger partial charge in [0.15, 0.2) is 5.78 Å². The molecule has 0 heterocycles. The molecule has 0 aliphatic heterocycles. The molecule has 0 aromatic heterocycles. The van der Waals surface area contributed by atoms with Crippen LogP contribution in [0.4, 0.5) is 0 Å². The van der Waals surface area contributed by atoms with Crippen LogP contribution in [0.25, 0.3) is 0 Å². The Bertz CT molecular complexity index is 1050. The monoisotopic (exact) mass is 418 g/mol. The van der Waals surface area contributed by atoms with Crippen molar-refractivity contribution in [2.75, 3.05) is 0 Å². The molecule has 1 unspecified atom stereocenters. The maximum Gasteiger partial charge on any atom is 0.311 e. The summed E-state index contributed by atoms with van der Waals surface area (Å²) < 4.78 is 11.8. The van der Waals surface area contributed by atoms with Crippen LogP contribution in [-0.2, 0) is 22.5 Å². The number of carboxylic acid groups (broad SMARTS) is 1. The summed E-state index contributed by atoms with van der Waals surface area (Å²) in [6, 6.07) is 25.4. The molecular weight excluding hydrogens is 396 g/mol. The number of carboxylic acids is 1. The predicted octanol–water partition coefficient (Wildman–Crippen LogP) is 4.37. The van der Waals surface area contributed by atoms with Crippen molar-refractivity contribution in [1.29, 1.82) is 0 Å². The summed E-state index contributed by atoms with van der Waals surface area (Å²) in [6.45, 7) is 0. The van der Waals surface area contributed by atoms with Gasteiger partial charge in [-0.3, -0.25) is 9.59 Å². The van der Waals surface area contributed by atoms with Crippen LogP contribution >= 0.6 is 0 Å². The highest BCUT2D eigenvalue weighted by atomic mass is 32.1. The Morgan fingerprint density at radius 2 is 1.30 bits per heavy atom. The number of carbonyl (C=O) groups excluding carboxylic acids is 1. The molecule has 0 saturated carbocycles. The van der Waals surface area contributed by atoms with Crippen molar-refractivity contribution in [1.82, 2.24) is 0 Å². The van der Waals surface area contributed by atoms with E-state index in [9.17, 15) is 18.9 Å². The Morgan fingerprint density at radius 1 is 0.767 bits per heavy atom. The van der Waals surface area contributed by atoms with Gasteiger partial charge in [-0.25, -0.2) is 4.21 Å². The minimum absolute atomic E-state index is 0.115. The maximum atomic E-state index is 12.5. The molecule has 1 atom stereocenters. The Kier molecular flexibility index (Phi) is 7.46. The highest BCUT2D eigenvalue weighted by molar-refractivity contribution is 7.67. The van der Waals surface area contributed by atoms with E-state index in [0.29, 0.717) is 29.5 Å². The van der Waals surface area contributed by atoms with E-state index in [2.05, 4.69) is 0 Å². The van der Waals surface area contributed by atoms with Crippen molar-refractivity contribution in [2.45, 2.75) is 19.3 Å². The zero-order valence-corrected chi connectivity index (χ0v) is 17.2. The number of carbonyl (C=O) groups is 2. The van der Waals surface area contributed by atoms with Gasteiger partial charge in [-0.15, -0.1) is 0 Å². The maximum absolute atomic E-state index is 12.5. The van der Waals surface area contributed by atoms with Crippen molar-refractivity contribution >= 4 is 27.9 Å². The smallest absolute Gasteiger partial charge is 0.311 e. The second-order valence-corrected chi connectivity index (χ2v) is 7.60. The van der Waals surface area contributed by atoms with Gasteiger partial charge < -0.3 is 5.11 Å². The van der Waals surface area contributed by atoms with Crippen LogP contribution < -0.4 is 0 Å². The molecule has 1 N–H and O–H groups in total. The first-order chi connectivity index (χ1) is 14.6. The van der Waals surface area contributed by atoms with Gasteiger partial charge in [0.25, 0.3) is 0 Å². The topological polar surface area (TPSA) is 71.4 Å². The van der Waals surface area contributed by atoms with Crippen LogP contribution in [0.15, 0.2) is 84.9 Å². The Morgan fingerprint density at radius 3 is 1.87 bits per heavy atom. The van der Waals surface area contributed by atoms with Crippen molar-refractivity contribution in [3.8, 4) is 0 Å². The number of aliphatic carboxylic acids is 1. The number of hydrogen-bond donors (Lipinski definition) is 1. The number of benzene rings is 3. The molecule has 3 aromatic rings. The minimum Gasteiger partial charge on any atom is -0.481 e. The lowest BCUT2D eigenvalue weighted by molar-refractivity contribution is -0.139. The highest BCUT2D eigenvalue weighted by Gasteiger charge is 2.25. The van der Waals surface area contributed by atoms with Crippen LogP contribution in [0.2, 0.25) is 0 Å². The summed E-state index contributed by atoms with van der Waals surface area (Å²) in [5.41, 5.74) is 2.77. The number of aryl methyl sites for hydroxylation is 1. The Balaban J connectivity index is 1.73. The van der Waals surface area contributed by atoms with Gasteiger partial charge in [0, 0.05) is 11.1 Å². The molecule has 30 heavy (non-hydrogen) atoms. The summed E-state index contributed by atoms with van der Waals surface area (Å²) in [4.78, 5) is 24.7. The molecule has 0 bridgehead atoms. The third-order valence-corrected chi connectivity index (χ3v) is 5.67. The molecule has 152 valence electrons. The normalized spacial score (nSPS) is 11.5. The van der Waals surface area contributed by atoms with E-state index in [1.54, 1.807) is 48.5 Å². The second-order valence-electron chi connectivity index (χ2n) is 6.99. The van der Waals surface area contributed by atoms with Gasteiger partial charge in [-0.05, 0) is 30.4 Å². The van der Waals surface area contributed by atoms with Crippen LogP contribution in [0.5, 0.6) is 0 Å². The molecule has 4 nitrogen and oxygen atoms in total. The van der Waals surface area contributed by atoms with E-state index < -0.39 is 11.9 Å². The number of rotatable bonds is 9. The molecule has 0 amide bonds. The first kappa shape index (κ1) is 21.4. The van der Waals surface area contributed by atoms with E-state index in [0.717, 1.165) is 12.0 Å². The Labute approximate surface area is 179 Å². The molecule has 3 aromatic carbocycles. The summed E-state index contributed by atoms with van der Waals surface area (Å²) in [7, 11) is 0. The van der Waals surface area contributed by atoms with Crippen LogP contribution in [0.3, 0.4) is 0 Å². The standard InChI is InChI=1S/C25H22O4S/c26-23(19-11-5-2-6-12-19)20-14-16-21(17-15-20)24(30-29)22(25(27)28)13-7-10-18-8-3-1-4-9-18/h1-6,8-9,11-12,14-17,22H,7,10,13H2,(H,27,28). The minimum atomic E-state index is -1.01. The zero-order valence-electron chi connectivity index (χ0n) is 16.4. The van der Waals surface area contributed by atoms with Gasteiger partial charge in [-0.1, -0.05) is 84.9 Å². The summed E-state index contributed by atoms with van der Waals surface area (Å²) in [6.07, 6.45) is 1.79. The third-order valence-electron chi connectivity index (χ3n) is 4.97. The van der Waals surface area contributed by atoms with E-state index in [1.807, 2.05) is 36.4 Å². The van der Waals surface area contributed by atoms with Crippen molar-refractivity contribution in [3.63, 3.8) is 0 Å². The first-order valence-corrected chi connectivity index (χ1v) is 10.5. The quantitative estimate of drug-likeness (QED) is 0.414. The molecule has 0 fully saturated rings. The van der Waals surface area contributed by atoms with E-state index in [1.165, 1.54) is 0 Å². The lowest BCUT2D eigenvalue weighted by Crippen LogP contribution is -2.25. The molecule has 0 saturated heterocycles. The Hall–Kier alpha value is -3.31. The third kappa shape index (κ3) is 5.39. The van der Waals surface area contributed by atoms with Gasteiger partial charge in [0.2, 0.25) is 0 Å². The van der Waals surface area contributed by atoms with Crippen LogP contribution in [-0.4, -0.2) is 25.9 Å². The van der Waals surface area contributed by atoms with Crippen LogP contribution in [0.1, 0.15) is 39.9 Å². The molecule has 0 spiro atoms. The molecule has 5 heteroatoms. The van der Waals surface area contributed by atoms with Gasteiger partial charge >= 0.3 is 5.97 Å². The fraction of sp³-hybridized carbons (Fsp3) is 0.160. The number of hydrogen-bond acceptors (Lipinski definition) is 3. The zero-order chi connectivity index (χ0) is 21.3. The molecular formula is C25H22O4S. The highest BCUT2D eigenvalue weighted by Crippen LogP contribution is 2.19. The second kappa shape index (κ2) is 10.5. The summed E-state index contributed by atoms with van der Waals surface area (Å²) in [5, 5.41) is 9.70. The largest absolute Gasteiger partial charge is 0.481 e. The SMILES string of the molecule is O=S=C(c1ccc(C(=O)c2ccccc2)cc1)C(CCCc1ccccc1)C(=O)O. The van der Waals surface area contributed by atoms with Gasteiger partial charge in [0.05, 0.1) is 22.0 Å². The molecule has 3 rings (SSSR count). The van der Waals surface area contributed by atoms with E-state index >= 15 is 0 Å². The van der Waals surface area contributed by atoms with Gasteiger partial charge in [-0.2, -0.15) is 0 Å². The van der Waals surface area contributed by atoms with Gasteiger partial charge in [0.1, 0.15) is 0 Å². The first-order valence-electron chi connectivity index (χ1n) is 9.73. The van der Waals surface area contributed by atoms with E-state index in [4.69, 9.17) is 0 Å². The lowest BCUT2D eigenvalue weighted by atomic mass is 9.92. The molecule has 0 radical (unpaired) electrons. The van der Waals surface area contributed by atoms with Crippen molar-refractivity contribution in [2.24, 2.45) is 5.92 Å². The average molecular weight is 419 g/mol. The molecule has 0 aliphatic rings. The van der Waals surface area contributed by atoms with Crippen molar-refractivity contribution < 1.29 is 18.9 Å². The summed E-state index contributed by atoms with van der Waals surface area (Å²) >= 11 is 0.217. The number of ketones is 1. The molecule has 0 aliphatic carbocycles. The summed E-state index contributed by atoms with van der Waals surface area (Å²) in [5.74, 6) is -1.99. The average Bonchev–Trinajstić information content (AvgIpc) is 2.79. The van der Waals surface area contributed by atoms with Crippen molar-refractivity contribution in [3.05, 3.63) is 107 Å². The van der Waals surface area contributed by atoms with E-state index in [-0.39, 0.29) is 21.9 Å². The van der Waals surface area contributed by atoms with Crippen LogP contribution in [0, 0.1) is 5.92 Å². The predicted molar refractivity (Wildman–Crippen MR) is 119 cm³/mol. The fourth-order valence-electron chi connectivity index (χ4n) is 3.37. The lowest BCUT2D eigenvalue weighted by Gasteiger charge is -2.14. The fourth-order valence-corrected chi connectivity index (χ4v) is 3.94.